The Morgan fingerprint density at radius 3 is 2.77 bits per heavy atom. The Kier molecular flexibility index (Phi) is 4.48. The molecule has 0 radical (unpaired) electrons. The number of nitrogens with zero attached hydrogens (tertiary/aromatic N) is 1. The fourth-order valence-corrected chi connectivity index (χ4v) is 2.89. The minimum Gasteiger partial charge on any atom is -0.492 e. The molecule has 0 saturated heterocycles. The number of amides is 2. The standard InChI is InChI=1S/C20H20N2O4/c23-19-13-26-18-9-8-15(21-20(24)14-6-7-14)12-17(18)22(19)10-11-25-16-4-2-1-3-5-16/h1-5,8-9,12,14H,6-7,10-11,13H2,(H,21,24). The second-order valence-corrected chi connectivity index (χ2v) is 6.44. The number of anilines is 2. The Hall–Kier alpha value is -3.02. The van der Waals surface area contributed by atoms with Gasteiger partial charge in [-0.1, -0.05) is 18.2 Å². The van der Waals surface area contributed by atoms with Gasteiger partial charge in [0.15, 0.2) is 6.61 Å². The van der Waals surface area contributed by atoms with E-state index in [1.54, 1.807) is 23.1 Å². The third-order valence-corrected chi connectivity index (χ3v) is 4.44. The van der Waals surface area contributed by atoms with Crippen molar-refractivity contribution in [3.8, 4) is 11.5 Å². The summed E-state index contributed by atoms with van der Waals surface area (Å²) in [6.45, 7) is 0.782. The lowest BCUT2D eigenvalue weighted by molar-refractivity contribution is -0.121. The smallest absolute Gasteiger partial charge is 0.265 e. The Morgan fingerprint density at radius 1 is 1.19 bits per heavy atom. The largest absolute Gasteiger partial charge is 0.492 e. The van der Waals surface area contributed by atoms with Gasteiger partial charge in [-0.05, 0) is 43.2 Å². The minimum absolute atomic E-state index is 0.00607. The second-order valence-electron chi connectivity index (χ2n) is 6.44. The van der Waals surface area contributed by atoms with E-state index < -0.39 is 0 Å². The van der Waals surface area contributed by atoms with Crippen LogP contribution in [0, 0.1) is 5.92 Å². The highest BCUT2D eigenvalue weighted by molar-refractivity contribution is 6.00. The van der Waals surface area contributed by atoms with Crippen molar-refractivity contribution in [2.45, 2.75) is 12.8 Å². The van der Waals surface area contributed by atoms with E-state index in [0.29, 0.717) is 30.3 Å². The zero-order chi connectivity index (χ0) is 17.9. The van der Waals surface area contributed by atoms with E-state index in [1.807, 2.05) is 30.3 Å². The molecule has 6 nitrogen and oxygen atoms in total. The van der Waals surface area contributed by atoms with Crippen molar-refractivity contribution in [1.29, 1.82) is 0 Å². The number of carbonyl (C=O) groups excluding carboxylic acids is 2. The number of nitrogens with one attached hydrogen (secondary N) is 1. The number of ether oxygens (including phenoxy) is 2. The Morgan fingerprint density at radius 2 is 2.00 bits per heavy atom. The third-order valence-electron chi connectivity index (χ3n) is 4.44. The van der Waals surface area contributed by atoms with Gasteiger partial charge in [-0.3, -0.25) is 9.59 Å². The van der Waals surface area contributed by atoms with Crippen molar-refractivity contribution < 1.29 is 19.1 Å². The van der Waals surface area contributed by atoms with Crippen LogP contribution in [0.5, 0.6) is 11.5 Å². The van der Waals surface area contributed by atoms with Gasteiger partial charge in [-0.25, -0.2) is 0 Å². The average molecular weight is 352 g/mol. The van der Waals surface area contributed by atoms with E-state index in [0.717, 1.165) is 18.6 Å². The molecule has 0 bridgehead atoms. The van der Waals surface area contributed by atoms with Gasteiger partial charge in [0.2, 0.25) is 5.91 Å². The molecule has 4 rings (SSSR count). The first-order chi connectivity index (χ1) is 12.7. The number of para-hydroxylation sites is 1. The predicted molar refractivity (Wildman–Crippen MR) is 97.6 cm³/mol. The summed E-state index contributed by atoms with van der Waals surface area (Å²) >= 11 is 0. The van der Waals surface area contributed by atoms with E-state index in [2.05, 4.69) is 5.32 Å². The van der Waals surface area contributed by atoms with Crippen LogP contribution in [-0.4, -0.2) is 31.6 Å². The molecule has 2 amide bonds. The number of hydrogen-bond donors (Lipinski definition) is 1. The van der Waals surface area contributed by atoms with Crippen LogP contribution in [0.25, 0.3) is 0 Å². The lowest BCUT2D eigenvalue weighted by atomic mass is 10.2. The average Bonchev–Trinajstić information content (AvgIpc) is 3.50. The molecule has 0 aromatic heterocycles. The highest BCUT2D eigenvalue weighted by atomic mass is 16.5. The summed E-state index contributed by atoms with van der Waals surface area (Å²) in [5, 5.41) is 2.91. The van der Waals surface area contributed by atoms with Crippen LogP contribution in [0.15, 0.2) is 48.5 Å². The van der Waals surface area contributed by atoms with Gasteiger partial charge in [-0.2, -0.15) is 0 Å². The lowest BCUT2D eigenvalue weighted by Crippen LogP contribution is -2.41. The van der Waals surface area contributed by atoms with E-state index in [-0.39, 0.29) is 24.3 Å². The summed E-state index contributed by atoms with van der Waals surface area (Å²) < 4.78 is 11.2. The summed E-state index contributed by atoms with van der Waals surface area (Å²) in [7, 11) is 0. The van der Waals surface area contributed by atoms with Gasteiger partial charge in [0.1, 0.15) is 18.1 Å². The maximum absolute atomic E-state index is 12.3. The Balaban J connectivity index is 1.46. The van der Waals surface area contributed by atoms with E-state index in [4.69, 9.17) is 9.47 Å². The molecule has 1 saturated carbocycles. The summed E-state index contributed by atoms with van der Waals surface area (Å²) in [4.78, 5) is 25.9. The van der Waals surface area contributed by atoms with Crippen LogP contribution in [0.4, 0.5) is 11.4 Å². The molecule has 134 valence electrons. The van der Waals surface area contributed by atoms with Crippen molar-refractivity contribution in [2.75, 3.05) is 30.0 Å². The monoisotopic (exact) mass is 352 g/mol. The molecule has 2 aromatic carbocycles. The van der Waals surface area contributed by atoms with Crippen LogP contribution < -0.4 is 19.7 Å². The molecule has 1 aliphatic carbocycles. The summed E-state index contributed by atoms with van der Waals surface area (Å²) in [5.41, 5.74) is 1.33. The van der Waals surface area contributed by atoms with Crippen LogP contribution in [0.2, 0.25) is 0 Å². The van der Waals surface area contributed by atoms with E-state index in [9.17, 15) is 9.59 Å². The predicted octanol–water partition coefficient (Wildman–Crippen LogP) is 2.84. The molecule has 1 heterocycles. The molecule has 1 fully saturated rings. The van der Waals surface area contributed by atoms with Gasteiger partial charge in [-0.15, -0.1) is 0 Å². The number of carbonyl (C=O) groups is 2. The molecular weight excluding hydrogens is 332 g/mol. The second kappa shape index (κ2) is 7.07. The number of rotatable bonds is 6. The van der Waals surface area contributed by atoms with Crippen LogP contribution in [0.1, 0.15) is 12.8 Å². The minimum atomic E-state index is -0.125. The quantitative estimate of drug-likeness (QED) is 0.868. The van der Waals surface area contributed by atoms with Gasteiger partial charge < -0.3 is 19.7 Å². The fourth-order valence-electron chi connectivity index (χ4n) is 2.89. The molecule has 0 spiro atoms. The SMILES string of the molecule is O=C(Nc1ccc2c(c1)N(CCOc1ccccc1)C(=O)CO2)C1CC1. The van der Waals surface area contributed by atoms with Gasteiger partial charge in [0.25, 0.3) is 5.91 Å². The zero-order valence-electron chi connectivity index (χ0n) is 14.3. The molecule has 6 heteroatoms. The summed E-state index contributed by atoms with van der Waals surface area (Å²) in [6, 6.07) is 14.9. The molecule has 0 atom stereocenters. The Labute approximate surface area is 151 Å². The molecule has 26 heavy (non-hydrogen) atoms. The van der Waals surface area contributed by atoms with Crippen molar-refractivity contribution in [3.63, 3.8) is 0 Å². The molecule has 1 aliphatic heterocycles. The van der Waals surface area contributed by atoms with Crippen molar-refractivity contribution in [2.24, 2.45) is 5.92 Å². The van der Waals surface area contributed by atoms with Crippen molar-refractivity contribution in [3.05, 3.63) is 48.5 Å². The first-order valence-electron chi connectivity index (χ1n) is 8.76. The van der Waals surface area contributed by atoms with Gasteiger partial charge >= 0.3 is 0 Å². The maximum Gasteiger partial charge on any atom is 0.265 e. The van der Waals surface area contributed by atoms with Crippen molar-refractivity contribution in [1.82, 2.24) is 0 Å². The number of fused-ring (bicyclic) bond motifs is 1. The highest BCUT2D eigenvalue weighted by Crippen LogP contribution is 2.36. The molecular formula is C20H20N2O4. The third kappa shape index (κ3) is 3.64. The van der Waals surface area contributed by atoms with E-state index >= 15 is 0 Å². The molecule has 2 aromatic rings. The van der Waals surface area contributed by atoms with Crippen molar-refractivity contribution >= 4 is 23.2 Å². The van der Waals surface area contributed by atoms with E-state index in [1.165, 1.54) is 0 Å². The first-order valence-corrected chi connectivity index (χ1v) is 8.76. The van der Waals surface area contributed by atoms with Crippen LogP contribution in [0.3, 0.4) is 0 Å². The first kappa shape index (κ1) is 16.4. The molecule has 0 unspecified atom stereocenters. The normalized spacial score (nSPS) is 15.8. The lowest BCUT2D eigenvalue weighted by Gasteiger charge is -2.29. The topological polar surface area (TPSA) is 67.9 Å². The fraction of sp³-hybridized carbons (Fsp3) is 0.300. The highest BCUT2D eigenvalue weighted by Gasteiger charge is 2.30. The van der Waals surface area contributed by atoms with Gasteiger partial charge in [0.05, 0.1) is 12.2 Å². The summed E-state index contributed by atoms with van der Waals surface area (Å²) in [5.74, 6) is 1.43. The molecule has 2 aliphatic rings. The zero-order valence-corrected chi connectivity index (χ0v) is 14.3. The molecule has 1 N–H and O–H groups in total. The number of benzene rings is 2. The van der Waals surface area contributed by atoms with Crippen LogP contribution >= 0.6 is 0 Å². The van der Waals surface area contributed by atoms with Crippen LogP contribution in [-0.2, 0) is 9.59 Å². The van der Waals surface area contributed by atoms with Gasteiger partial charge in [0, 0.05) is 11.6 Å². The maximum atomic E-state index is 12.3. The number of hydrogen-bond acceptors (Lipinski definition) is 4. The summed E-state index contributed by atoms with van der Waals surface area (Å²) in [6.07, 6.45) is 1.89. The Bertz CT molecular complexity index is 818.